The first-order valence-corrected chi connectivity index (χ1v) is 5.42. The first kappa shape index (κ1) is 10.3. The predicted octanol–water partition coefficient (Wildman–Crippen LogP) is 1.66. The summed E-state index contributed by atoms with van der Waals surface area (Å²) in [6.07, 6.45) is 7.22. The van der Waals surface area contributed by atoms with Gasteiger partial charge in [0.25, 0.3) is 0 Å². The lowest BCUT2D eigenvalue weighted by molar-refractivity contribution is 0.111. The molecule has 3 nitrogen and oxygen atoms in total. The van der Waals surface area contributed by atoms with Crippen molar-refractivity contribution in [2.75, 3.05) is 6.54 Å². The second kappa shape index (κ2) is 4.11. The van der Waals surface area contributed by atoms with Crippen molar-refractivity contribution in [1.82, 2.24) is 4.98 Å². The Labute approximate surface area is 89.7 Å². The molecule has 0 amide bonds. The second-order valence-corrected chi connectivity index (χ2v) is 4.28. The standard InChI is InChI=1S/C12H16N2O/c13-9-12(4-1-2-5-12)10-3-6-14-11(7-10)8-15/h3,6-8H,1-2,4-5,9,13H2. The molecule has 0 unspecified atom stereocenters. The summed E-state index contributed by atoms with van der Waals surface area (Å²) in [5.74, 6) is 0. The second-order valence-electron chi connectivity index (χ2n) is 4.28. The van der Waals surface area contributed by atoms with Gasteiger partial charge in [-0.15, -0.1) is 0 Å². The van der Waals surface area contributed by atoms with Crippen LogP contribution in [0.4, 0.5) is 0 Å². The Morgan fingerprint density at radius 2 is 2.20 bits per heavy atom. The molecule has 15 heavy (non-hydrogen) atoms. The Bertz CT molecular complexity index is 356. The molecule has 2 rings (SSSR count). The highest BCUT2D eigenvalue weighted by Gasteiger charge is 2.34. The molecule has 0 atom stereocenters. The van der Waals surface area contributed by atoms with E-state index in [0.29, 0.717) is 12.2 Å². The van der Waals surface area contributed by atoms with Crippen LogP contribution in [0.15, 0.2) is 18.3 Å². The summed E-state index contributed by atoms with van der Waals surface area (Å²) in [4.78, 5) is 14.7. The van der Waals surface area contributed by atoms with Crippen molar-refractivity contribution >= 4 is 6.29 Å². The van der Waals surface area contributed by atoms with Gasteiger partial charge >= 0.3 is 0 Å². The molecular formula is C12H16N2O. The predicted molar refractivity (Wildman–Crippen MR) is 58.8 cm³/mol. The number of hydrogen-bond acceptors (Lipinski definition) is 3. The highest BCUT2D eigenvalue weighted by molar-refractivity contribution is 5.72. The Morgan fingerprint density at radius 1 is 1.47 bits per heavy atom. The van der Waals surface area contributed by atoms with Crippen LogP contribution in [0.3, 0.4) is 0 Å². The van der Waals surface area contributed by atoms with Gasteiger partial charge in [0.2, 0.25) is 0 Å². The minimum Gasteiger partial charge on any atom is -0.330 e. The van der Waals surface area contributed by atoms with E-state index in [4.69, 9.17) is 5.73 Å². The highest BCUT2D eigenvalue weighted by Crippen LogP contribution is 2.40. The molecule has 1 aliphatic carbocycles. The quantitative estimate of drug-likeness (QED) is 0.762. The molecule has 1 aromatic heterocycles. The van der Waals surface area contributed by atoms with E-state index in [0.717, 1.165) is 19.1 Å². The molecule has 80 valence electrons. The molecule has 1 saturated carbocycles. The van der Waals surface area contributed by atoms with E-state index >= 15 is 0 Å². The molecule has 1 aliphatic rings. The van der Waals surface area contributed by atoms with Crippen molar-refractivity contribution in [3.05, 3.63) is 29.6 Å². The fraction of sp³-hybridized carbons (Fsp3) is 0.500. The first-order valence-electron chi connectivity index (χ1n) is 5.42. The zero-order chi connectivity index (χ0) is 10.7. The van der Waals surface area contributed by atoms with Crippen molar-refractivity contribution in [2.45, 2.75) is 31.1 Å². The van der Waals surface area contributed by atoms with Gasteiger partial charge in [0.15, 0.2) is 6.29 Å². The van der Waals surface area contributed by atoms with Gasteiger partial charge < -0.3 is 5.73 Å². The van der Waals surface area contributed by atoms with E-state index in [2.05, 4.69) is 4.98 Å². The minimum absolute atomic E-state index is 0.0979. The lowest BCUT2D eigenvalue weighted by Gasteiger charge is -2.27. The smallest absolute Gasteiger partial charge is 0.168 e. The Hall–Kier alpha value is -1.22. The maximum atomic E-state index is 10.7. The average Bonchev–Trinajstić information content (AvgIpc) is 2.79. The summed E-state index contributed by atoms with van der Waals surface area (Å²) < 4.78 is 0. The van der Waals surface area contributed by atoms with Crippen molar-refractivity contribution in [3.63, 3.8) is 0 Å². The van der Waals surface area contributed by atoms with Crippen molar-refractivity contribution < 1.29 is 4.79 Å². The van der Waals surface area contributed by atoms with E-state index in [9.17, 15) is 4.79 Å². The summed E-state index contributed by atoms with van der Waals surface area (Å²) in [6, 6.07) is 3.87. The van der Waals surface area contributed by atoms with Crippen molar-refractivity contribution in [2.24, 2.45) is 5.73 Å². The van der Waals surface area contributed by atoms with Crippen LogP contribution >= 0.6 is 0 Å². The number of nitrogens with zero attached hydrogens (tertiary/aromatic N) is 1. The summed E-state index contributed by atoms with van der Waals surface area (Å²) in [6.45, 7) is 0.662. The summed E-state index contributed by atoms with van der Waals surface area (Å²) in [5.41, 5.74) is 7.67. The molecule has 0 aromatic carbocycles. The Balaban J connectivity index is 2.37. The number of carbonyl (C=O) groups excluding carboxylic acids is 1. The zero-order valence-electron chi connectivity index (χ0n) is 8.78. The number of pyridine rings is 1. The molecule has 1 aromatic rings. The van der Waals surface area contributed by atoms with Gasteiger partial charge in [0.05, 0.1) is 0 Å². The van der Waals surface area contributed by atoms with Gasteiger partial charge in [0.1, 0.15) is 5.69 Å². The third-order valence-electron chi connectivity index (χ3n) is 3.47. The molecule has 2 N–H and O–H groups in total. The number of hydrogen-bond donors (Lipinski definition) is 1. The van der Waals surface area contributed by atoms with Crippen LogP contribution in [0.25, 0.3) is 0 Å². The highest BCUT2D eigenvalue weighted by atomic mass is 16.1. The number of carbonyl (C=O) groups is 1. The number of rotatable bonds is 3. The SMILES string of the molecule is NCC1(c2ccnc(C=O)c2)CCCC1. The fourth-order valence-electron chi connectivity index (χ4n) is 2.51. The van der Waals surface area contributed by atoms with Crippen LogP contribution in [0.1, 0.15) is 41.7 Å². The first-order chi connectivity index (χ1) is 7.30. The molecule has 0 aliphatic heterocycles. The summed E-state index contributed by atoms with van der Waals surface area (Å²) in [5, 5.41) is 0. The molecule has 3 heteroatoms. The Morgan fingerprint density at radius 3 is 2.80 bits per heavy atom. The summed E-state index contributed by atoms with van der Waals surface area (Å²) in [7, 11) is 0. The van der Waals surface area contributed by atoms with Gasteiger partial charge in [-0.3, -0.25) is 9.78 Å². The maximum absolute atomic E-state index is 10.7. The normalized spacial score (nSPS) is 19.0. The topological polar surface area (TPSA) is 56.0 Å². The third-order valence-corrected chi connectivity index (χ3v) is 3.47. The molecule has 0 bridgehead atoms. The van der Waals surface area contributed by atoms with Crippen LogP contribution in [0.2, 0.25) is 0 Å². The largest absolute Gasteiger partial charge is 0.330 e. The molecule has 1 heterocycles. The molecule has 0 spiro atoms. The van der Waals surface area contributed by atoms with Crippen LogP contribution < -0.4 is 5.73 Å². The van der Waals surface area contributed by atoms with E-state index < -0.39 is 0 Å². The lowest BCUT2D eigenvalue weighted by atomic mass is 9.79. The summed E-state index contributed by atoms with van der Waals surface area (Å²) >= 11 is 0. The average molecular weight is 204 g/mol. The van der Waals surface area contributed by atoms with Crippen molar-refractivity contribution in [3.8, 4) is 0 Å². The van der Waals surface area contributed by atoms with Crippen LogP contribution in [0, 0.1) is 0 Å². The number of aromatic nitrogens is 1. The third kappa shape index (κ3) is 1.79. The van der Waals surface area contributed by atoms with Gasteiger partial charge in [-0.1, -0.05) is 12.8 Å². The number of aldehydes is 1. The fourth-order valence-corrected chi connectivity index (χ4v) is 2.51. The van der Waals surface area contributed by atoms with E-state index in [-0.39, 0.29) is 5.41 Å². The van der Waals surface area contributed by atoms with Gasteiger partial charge in [-0.2, -0.15) is 0 Å². The Kier molecular flexibility index (Phi) is 2.82. The van der Waals surface area contributed by atoms with E-state index in [1.54, 1.807) is 6.20 Å². The monoisotopic (exact) mass is 204 g/mol. The molecule has 0 saturated heterocycles. The lowest BCUT2D eigenvalue weighted by Crippen LogP contribution is -2.32. The maximum Gasteiger partial charge on any atom is 0.168 e. The van der Waals surface area contributed by atoms with Gasteiger partial charge in [0, 0.05) is 18.2 Å². The molecular weight excluding hydrogens is 188 g/mol. The van der Waals surface area contributed by atoms with E-state index in [1.165, 1.54) is 18.4 Å². The van der Waals surface area contributed by atoms with Crippen LogP contribution in [-0.4, -0.2) is 17.8 Å². The number of nitrogens with two attached hydrogens (primary N) is 1. The van der Waals surface area contributed by atoms with Crippen molar-refractivity contribution in [1.29, 1.82) is 0 Å². The molecule has 1 fully saturated rings. The minimum atomic E-state index is 0.0979. The zero-order valence-corrected chi connectivity index (χ0v) is 8.78. The van der Waals surface area contributed by atoms with Crippen LogP contribution in [-0.2, 0) is 5.41 Å². The van der Waals surface area contributed by atoms with Gasteiger partial charge in [-0.25, -0.2) is 0 Å². The van der Waals surface area contributed by atoms with Gasteiger partial charge in [-0.05, 0) is 30.5 Å². The molecule has 0 radical (unpaired) electrons. The van der Waals surface area contributed by atoms with Crippen LogP contribution in [0.5, 0.6) is 0 Å². The van der Waals surface area contributed by atoms with E-state index in [1.807, 2.05) is 12.1 Å².